The fourth-order valence-electron chi connectivity index (χ4n) is 2.85. The van der Waals surface area contributed by atoms with Gasteiger partial charge in [0.1, 0.15) is 11.4 Å². The highest BCUT2D eigenvalue weighted by Crippen LogP contribution is 2.37. The minimum Gasteiger partial charge on any atom is -0.496 e. The van der Waals surface area contributed by atoms with Crippen LogP contribution >= 0.6 is 0 Å². The summed E-state index contributed by atoms with van der Waals surface area (Å²) in [4.78, 5) is 14.0. The van der Waals surface area contributed by atoms with Crippen molar-refractivity contribution in [3.63, 3.8) is 0 Å². The van der Waals surface area contributed by atoms with E-state index in [2.05, 4.69) is 0 Å². The van der Waals surface area contributed by atoms with Crippen LogP contribution in [-0.2, 0) is 4.74 Å². The van der Waals surface area contributed by atoms with Crippen molar-refractivity contribution in [2.75, 3.05) is 13.7 Å². The summed E-state index contributed by atoms with van der Waals surface area (Å²) >= 11 is 0. The smallest absolute Gasteiger partial charge is 0.410 e. The van der Waals surface area contributed by atoms with E-state index in [0.717, 1.165) is 16.9 Å². The molecule has 0 bridgehead atoms. The number of nitrogens with zero attached hydrogens (tertiary/aromatic N) is 1. The number of methoxy groups -OCH3 is 1. The van der Waals surface area contributed by atoms with E-state index in [0.29, 0.717) is 13.0 Å². The molecular weight excluding hydrogens is 282 g/mol. The first-order chi connectivity index (χ1) is 10.2. The number of benzene rings is 1. The number of ether oxygens (including phenoxy) is 2. The van der Waals surface area contributed by atoms with Crippen molar-refractivity contribution in [2.45, 2.75) is 51.9 Å². The Hall–Kier alpha value is -1.75. The first kappa shape index (κ1) is 16.6. The predicted octanol–water partition coefficient (Wildman–Crippen LogP) is 3.05. The maximum atomic E-state index is 12.4. The molecule has 0 radical (unpaired) electrons. The van der Waals surface area contributed by atoms with E-state index in [9.17, 15) is 9.90 Å². The quantitative estimate of drug-likeness (QED) is 0.912. The van der Waals surface area contributed by atoms with Gasteiger partial charge in [-0.1, -0.05) is 12.1 Å². The Morgan fingerprint density at radius 2 is 2.05 bits per heavy atom. The molecule has 1 saturated heterocycles. The van der Waals surface area contributed by atoms with Gasteiger partial charge < -0.3 is 14.6 Å². The highest BCUT2D eigenvalue weighted by atomic mass is 16.6. The minimum atomic E-state index is -0.599. The summed E-state index contributed by atoms with van der Waals surface area (Å²) in [6.45, 7) is 7.93. The van der Waals surface area contributed by atoms with Crippen LogP contribution in [0.25, 0.3) is 0 Å². The summed E-state index contributed by atoms with van der Waals surface area (Å²) in [6, 6.07) is 5.27. The highest BCUT2D eigenvalue weighted by Gasteiger charge is 2.40. The standard InChI is InChI=1S/C17H25NO4/c1-11-12(7-6-8-14(11)21-5)15-13(19)9-10-18(15)16(20)22-17(2,3)4/h6-8,13,15,19H,9-10H2,1-5H3/t13-,15-/m1/s1. The molecule has 122 valence electrons. The summed E-state index contributed by atoms with van der Waals surface area (Å²) < 4.78 is 10.8. The highest BCUT2D eigenvalue weighted by molar-refractivity contribution is 5.69. The van der Waals surface area contributed by atoms with E-state index < -0.39 is 23.8 Å². The van der Waals surface area contributed by atoms with Gasteiger partial charge in [-0.15, -0.1) is 0 Å². The molecule has 22 heavy (non-hydrogen) atoms. The largest absolute Gasteiger partial charge is 0.496 e. The average Bonchev–Trinajstić information content (AvgIpc) is 2.79. The monoisotopic (exact) mass is 307 g/mol. The van der Waals surface area contributed by atoms with E-state index in [1.54, 1.807) is 12.0 Å². The van der Waals surface area contributed by atoms with Gasteiger partial charge in [0.15, 0.2) is 0 Å². The number of likely N-dealkylation sites (tertiary alicyclic amines) is 1. The molecule has 0 saturated carbocycles. The van der Waals surface area contributed by atoms with Crippen molar-refractivity contribution in [3.8, 4) is 5.75 Å². The normalized spacial score (nSPS) is 21.8. The topological polar surface area (TPSA) is 59.0 Å². The Morgan fingerprint density at radius 1 is 1.36 bits per heavy atom. The van der Waals surface area contributed by atoms with Gasteiger partial charge in [-0.25, -0.2) is 4.79 Å². The second-order valence-electron chi connectivity index (χ2n) is 6.65. The number of amides is 1. The van der Waals surface area contributed by atoms with E-state index in [-0.39, 0.29) is 0 Å². The van der Waals surface area contributed by atoms with Gasteiger partial charge in [-0.3, -0.25) is 4.90 Å². The maximum absolute atomic E-state index is 12.4. The van der Waals surface area contributed by atoms with Crippen LogP contribution in [0.2, 0.25) is 0 Å². The Morgan fingerprint density at radius 3 is 2.64 bits per heavy atom. The van der Waals surface area contributed by atoms with Crippen molar-refractivity contribution in [2.24, 2.45) is 0 Å². The predicted molar refractivity (Wildman–Crippen MR) is 84.0 cm³/mol. The Balaban J connectivity index is 2.33. The summed E-state index contributed by atoms with van der Waals surface area (Å²) in [6.07, 6.45) is -0.449. The van der Waals surface area contributed by atoms with E-state index in [1.165, 1.54) is 0 Å². The second-order valence-corrected chi connectivity index (χ2v) is 6.65. The van der Waals surface area contributed by atoms with Gasteiger partial charge in [-0.05, 0) is 51.3 Å². The average molecular weight is 307 g/mol. The molecule has 2 atom stereocenters. The van der Waals surface area contributed by atoms with Crippen LogP contribution < -0.4 is 4.74 Å². The van der Waals surface area contributed by atoms with E-state index >= 15 is 0 Å². The van der Waals surface area contributed by atoms with Crippen LogP contribution in [0.3, 0.4) is 0 Å². The third-order valence-corrected chi connectivity index (χ3v) is 3.86. The summed E-state index contributed by atoms with van der Waals surface area (Å²) in [5, 5.41) is 10.4. The number of hydrogen-bond donors (Lipinski definition) is 1. The lowest BCUT2D eigenvalue weighted by atomic mass is 9.97. The molecule has 5 heteroatoms. The Bertz CT molecular complexity index is 550. The fraction of sp³-hybridized carbons (Fsp3) is 0.588. The van der Waals surface area contributed by atoms with Gasteiger partial charge in [0.25, 0.3) is 0 Å². The van der Waals surface area contributed by atoms with Crippen molar-refractivity contribution >= 4 is 6.09 Å². The van der Waals surface area contributed by atoms with Gasteiger partial charge in [0, 0.05) is 6.54 Å². The molecule has 1 amide bonds. The van der Waals surface area contributed by atoms with Crippen LogP contribution in [0.1, 0.15) is 44.4 Å². The molecule has 0 aliphatic carbocycles. The SMILES string of the molecule is COc1cccc([C@@H]2[C@H](O)CCN2C(=O)OC(C)(C)C)c1C. The zero-order chi connectivity index (χ0) is 16.5. The van der Waals surface area contributed by atoms with E-state index in [4.69, 9.17) is 9.47 Å². The maximum Gasteiger partial charge on any atom is 0.410 e. The minimum absolute atomic E-state index is 0.392. The van der Waals surface area contributed by atoms with Crippen LogP contribution in [-0.4, -0.2) is 41.5 Å². The molecule has 0 aromatic heterocycles. The molecule has 1 aliphatic heterocycles. The van der Waals surface area contributed by atoms with Crippen molar-refractivity contribution in [3.05, 3.63) is 29.3 Å². The molecule has 1 aromatic carbocycles. The number of aliphatic hydroxyl groups is 1. The first-order valence-corrected chi connectivity index (χ1v) is 7.56. The lowest BCUT2D eigenvalue weighted by Crippen LogP contribution is -2.38. The zero-order valence-electron chi connectivity index (χ0n) is 13.9. The first-order valence-electron chi connectivity index (χ1n) is 7.56. The van der Waals surface area contributed by atoms with Gasteiger partial charge in [0.05, 0.1) is 19.3 Å². The van der Waals surface area contributed by atoms with Crippen LogP contribution in [0.15, 0.2) is 18.2 Å². The summed E-state index contributed by atoms with van der Waals surface area (Å²) in [7, 11) is 1.61. The van der Waals surface area contributed by atoms with Crippen molar-refractivity contribution in [1.29, 1.82) is 0 Å². The van der Waals surface area contributed by atoms with Crippen LogP contribution in [0.5, 0.6) is 5.75 Å². The number of carbonyl (C=O) groups excluding carboxylic acids is 1. The molecule has 1 N–H and O–H groups in total. The van der Waals surface area contributed by atoms with Gasteiger partial charge in [0.2, 0.25) is 0 Å². The zero-order valence-corrected chi connectivity index (χ0v) is 13.9. The molecular formula is C17H25NO4. The fourth-order valence-corrected chi connectivity index (χ4v) is 2.85. The lowest BCUT2D eigenvalue weighted by Gasteiger charge is -2.30. The molecule has 1 aromatic rings. The van der Waals surface area contributed by atoms with Crippen LogP contribution in [0, 0.1) is 6.92 Å². The van der Waals surface area contributed by atoms with Crippen molar-refractivity contribution < 1.29 is 19.4 Å². The molecule has 1 aliphatic rings. The summed E-state index contributed by atoms with van der Waals surface area (Å²) in [5.41, 5.74) is 1.28. The Labute approximate surface area is 131 Å². The van der Waals surface area contributed by atoms with Crippen LogP contribution in [0.4, 0.5) is 4.79 Å². The molecule has 1 heterocycles. The lowest BCUT2D eigenvalue weighted by molar-refractivity contribution is 0.0151. The number of aliphatic hydroxyl groups excluding tert-OH is 1. The molecule has 5 nitrogen and oxygen atoms in total. The third kappa shape index (κ3) is 3.35. The molecule has 0 unspecified atom stereocenters. The second kappa shape index (κ2) is 6.16. The number of hydrogen-bond acceptors (Lipinski definition) is 4. The van der Waals surface area contributed by atoms with Gasteiger partial charge >= 0.3 is 6.09 Å². The van der Waals surface area contributed by atoms with E-state index in [1.807, 2.05) is 45.9 Å². The molecule has 2 rings (SSSR count). The number of carbonyl (C=O) groups is 1. The number of rotatable bonds is 2. The summed E-state index contributed by atoms with van der Waals surface area (Å²) in [5.74, 6) is 0.751. The third-order valence-electron chi connectivity index (χ3n) is 3.86. The van der Waals surface area contributed by atoms with Crippen molar-refractivity contribution in [1.82, 2.24) is 4.90 Å². The van der Waals surface area contributed by atoms with Gasteiger partial charge in [-0.2, -0.15) is 0 Å². The molecule has 0 spiro atoms. The molecule has 1 fully saturated rings. The Kier molecular flexibility index (Phi) is 4.66.